The summed E-state index contributed by atoms with van der Waals surface area (Å²) in [6, 6.07) is -0.687. The summed E-state index contributed by atoms with van der Waals surface area (Å²) in [5, 5.41) is 0. The summed E-state index contributed by atoms with van der Waals surface area (Å²) in [5.41, 5.74) is 5.79. The zero-order chi connectivity index (χ0) is 13.8. The minimum absolute atomic E-state index is 0.0237. The molecule has 1 rings (SSSR count). The van der Waals surface area contributed by atoms with Gasteiger partial charge in [-0.25, -0.2) is 8.42 Å². The smallest absolute Gasteiger partial charge is 0.239 e. The highest BCUT2D eigenvalue weighted by Gasteiger charge is 2.24. The van der Waals surface area contributed by atoms with Gasteiger partial charge in [0.1, 0.15) is 9.84 Å². The van der Waals surface area contributed by atoms with Crippen LogP contribution in [0.3, 0.4) is 0 Å². The van der Waals surface area contributed by atoms with Crippen LogP contribution in [0.5, 0.6) is 0 Å². The molecule has 0 bridgehead atoms. The highest BCUT2D eigenvalue weighted by atomic mass is 32.2. The van der Waals surface area contributed by atoms with Crippen molar-refractivity contribution in [1.82, 2.24) is 4.90 Å². The van der Waals surface area contributed by atoms with Gasteiger partial charge < -0.3 is 10.6 Å². The highest BCUT2D eigenvalue weighted by Crippen LogP contribution is 2.17. The standard InChI is InChI=1S/C12H24N2O3S/c1-10-4-3-7-14(8-5-10)12(15)11(13)6-9-18(2,16)17/h10-11H,3-9,13H2,1-2H3. The number of carbonyl (C=O) groups excluding carboxylic acids is 1. The lowest BCUT2D eigenvalue weighted by Crippen LogP contribution is -2.45. The molecular weight excluding hydrogens is 252 g/mol. The third-order valence-corrected chi connectivity index (χ3v) is 4.42. The van der Waals surface area contributed by atoms with Crippen LogP contribution in [0.25, 0.3) is 0 Å². The number of hydrogen-bond acceptors (Lipinski definition) is 4. The molecule has 1 fully saturated rings. The average molecular weight is 276 g/mol. The van der Waals surface area contributed by atoms with E-state index < -0.39 is 15.9 Å². The maximum atomic E-state index is 12.1. The van der Waals surface area contributed by atoms with E-state index in [1.165, 1.54) is 0 Å². The Morgan fingerprint density at radius 1 is 1.39 bits per heavy atom. The summed E-state index contributed by atoms with van der Waals surface area (Å²) in [4.78, 5) is 13.9. The SMILES string of the molecule is CC1CCCN(C(=O)C(N)CCS(C)(=O)=O)CC1. The first kappa shape index (κ1) is 15.4. The van der Waals surface area contributed by atoms with Crippen molar-refractivity contribution in [1.29, 1.82) is 0 Å². The fourth-order valence-electron chi connectivity index (χ4n) is 2.18. The molecule has 2 atom stereocenters. The second kappa shape index (κ2) is 6.52. The molecule has 106 valence electrons. The van der Waals surface area contributed by atoms with Crippen LogP contribution in [0.4, 0.5) is 0 Å². The Hall–Kier alpha value is -0.620. The van der Waals surface area contributed by atoms with Gasteiger partial charge in [-0.15, -0.1) is 0 Å². The largest absolute Gasteiger partial charge is 0.341 e. The summed E-state index contributed by atoms with van der Waals surface area (Å²) in [7, 11) is -3.05. The van der Waals surface area contributed by atoms with E-state index in [2.05, 4.69) is 6.92 Å². The van der Waals surface area contributed by atoms with Gasteiger partial charge in [-0.3, -0.25) is 4.79 Å². The number of likely N-dealkylation sites (tertiary alicyclic amines) is 1. The van der Waals surface area contributed by atoms with E-state index in [4.69, 9.17) is 5.73 Å². The maximum Gasteiger partial charge on any atom is 0.239 e. The molecule has 1 saturated heterocycles. The molecule has 0 aromatic heterocycles. The second-order valence-corrected chi connectivity index (χ2v) is 7.65. The summed E-state index contributed by atoms with van der Waals surface area (Å²) in [6.07, 6.45) is 4.53. The zero-order valence-corrected chi connectivity index (χ0v) is 12.1. The van der Waals surface area contributed by atoms with Crippen molar-refractivity contribution in [3.8, 4) is 0 Å². The molecule has 6 heteroatoms. The molecule has 1 aliphatic rings. The van der Waals surface area contributed by atoms with Crippen molar-refractivity contribution in [2.75, 3.05) is 25.1 Å². The Morgan fingerprint density at radius 3 is 2.67 bits per heavy atom. The summed E-state index contributed by atoms with van der Waals surface area (Å²) < 4.78 is 22.1. The first-order valence-corrected chi connectivity index (χ1v) is 8.58. The van der Waals surface area contributed by atoms with Crippen LogP contribution in [-0.2, 0) is 14.6 Å². The highest BCUT2D eigenvalue weighted by molar-refractivity contribution is 7.90. The third kappa shape index (κ3) is 5.35. The van der Waals surface area contributed by atoms with Gasteiger partial charge in [0.05, 0.1) is 11.8 Å². The molecule has 0 saturated carbocycles. The van der Waals surface area contributed by atoms with E-state index in [0.717, 1.165) is 38.6 Å². The predicted octanol–water partition coefficient (Wildman–Crippen LogP) is 0.397. The molecule has 2 unspecified atom stereocenters. The Bertz CT molecular complexity index is 381. The van der Waals surface area contributed by atoms with Crippen molar-refractivity contribution >= 4 is 15.7 Å². The zero-order valence-electron chi connectivity index (χ0n) is 11.3. The Kier molecular flexibility index (Phi) is 5.59. The lowest BCUT2D eigenvalue weighted by atomic mass is 10.0. The molecule has 0 aromatic rings. The van der Waals surface area contributed by atoms with Gasteiger partial charge in [-0.1, -0.05) is 6.92 Å². The Morgan fingerprint density at radius 2 is 2.06 bits per heavy atom. The molecule has 18 heavy (non-hydrogen) atoms. The summed E-state index contributed by atoms with van der Waals surface area (Å²) in [5.74, 6) is 0.521. The van der Waals surface area contributed by atoms with E-state index >= 15 is 0 Å². The summed E-state index contributed by atoms with van der Waals surface area (Å²) >= 11 is 0. The van der Waals surface area contributed by atoms with E-state index in [9.17, 15) is 13.2 Å². The first-order chi connectivity index (χ1) is 8.29. The van der Waals surface area contributed by atoms with Crippen molar-refractivity contribution in [3.63, 3.8) is 0 Å². The van der Waals surface area contributed by atoms with Gasteiger partial charge in [-0.05, 0) is 31.6 Å². The lowest BCUT2D eigenvalue weighted by Gasteiger charge is -2.24. The van der Waals surface area contributed by atoms with Crippen molar-refractivity contribution in [2.24, 2.45) is 11.7 Å². The molecule has 0 aliphatic carbocycles. The first-order valence-electron chi connectivity index (χ1n) is 6.51. The minimum atomic E-state index is -3.05. The maximum absolute atomic E-state index is 12.1. The van der Waals surface area contributed by atoms with Crippen molar-refractivity contribution < 1.29 is 13.2 Å². The number of hydrogen-bond donors (Lipinski definition) is 1. The van der Waals surface area contributed by atoms with Crippen LogP contribution in [0.2, 0.25) is 0 Å². The normalized spacial score (nSPS) is 23.5. The fraction of sp³-hybridized carbons (Fsp3) is 0.917. The molecular formula is C12H24N2O3S. The third-order valence-electron chi connectivity index (χ3n) is 3.45. The molecule has 0 spiro atoms. The number of nitrogens with zero attached hydrogens (tertiary/aromatic N) is 1. The van der Waals surface area contributed by atoms with Gasteiger partial charge in [-0.2, -0.15) is 0 Å². The molecule has 2 N–H and O–H groups in total. The van der Waals surface area contributed by atoms with E-state index in [1.54, 1.807) is 4.90 Å². The van der Waals surface area contributed by atoms with E-state index in [1.807, 2.05) is 0 Å². The molecule has 0 aromatic carbocycles. The molecule has 1 heterocycles. The average Bonchev–Trinajstić information content (AvgIpc) is 2.49. The predicted molar refractivity (Wildman–Crippen MR) is 71.9 cm³/mol. The molecule has 1 amide bonds. The number of amides is 1. The van der Waals surface area contributed by atoms with Crippen LogP contribution < -0.4 is 5.73 Å². The van der Waals surface area contributed by atoms with Crippen molar-refractivity contribution in [3.05, 3.63) is 0 Å². The molecule has 0 radical (unpaired) electrons. The second-order valence-electron chi connectivity index (χ2n) is 5.39. The van der Waals surface area contributed by atoms with Gasteiger partial charge in [0.2, 0.25) is 5.91 Å². The van der Waals surface area contributed by atoms with Crippen LogP contribution >= 0.6 is 0 Å². The molecule has 5 nitrogen and oxygen atoms in total. The Labute approximate surface area is 110 Å². The van der Waals surface area contributed by atoms with Crippen LogP contribution in [0, 0.1) is 5.92 Å². The Balaban J connectivity index is 2.47. The topological polar surface area (TPSA) is 80.5 Å². The fourth-order valence-corrected chi connectivity index (χ4v) is 2.86. The van der Waals surface area contributed by atoms with Crippen LogP contribution in [0.15, 0.2) is 0 Å². The van der Waals surface area contributed by atoms with Crippen LogP contribution in [-0.4, -0.2) is 50.4 Å². The van der Waals surface area contributed by atoms with Crippen molar-refractivity contribution in [2.45, 2.75) is 38.6 Å². The minimum Gasteiger partial charge on any atom is -0.341 e. The van der Waals surface area contributed by atoms with Gasteiger partial charge in [0.25, 0.3) is 0 Å². The summed E-state index contributed by atoms with van der Waals surface area (Å²) in [6.45, 7) is 3.68. The number of rotatable bonds is 4. The van der Waals surface area contributed by atoms with Gasteiger partial charge in [0.15, 0.2) is 0 Å². The number of carbonyl (C=O) groups is 1. The van der Waals surface area contributed by atoms with Gasteiger partial charge >= 0.3 is 0 Å². The number of nitrogens with two attached hydrogens (primary N) is 1. The van der Waals surface area contributed by atoms with E-state index in [-0.39, 0.29) is 18.1 Å². The quantitative estimate of drug-likeness (QED) is 0.806. The number of sulfone groups is 1. The van der Waals surface area contributed by atoms with Gasteiger partial charge in [0, 0.05) is 19.3 Å². The molecule has 1 aliphatic heterocycles. The lowest BCUT2D eigenvalue weighted by molar-refractivity contribution is -0.132. The van der Waals surface area contributed by atoms with Crippen LogP contribution in [0.1, 0.15) is 32.6 Å². The monoisotopic (exact) mass is 276 g/mol. The van der Waals surface area contributed by atoms with E-state index in [0.29, 0.717) is 5.92 Å².